The van der Waals surface area contributed by atoms with Gasteiger partial charge in [-0.2, -0.15) is 5.10 Å². The van der Waals surface area contributed by atoms with E-state index in [9.17, 15) is 4.39 Å². The standard InChI is InChI=1S/C19H27FN4O/c1-23-8-4-5-14(11-23)12-24(2)13-15-10-21-22-19(15)17-7-6-16(25-3)9-18(17)20/h6-7,9-10,14H,4-5,8,11-13H2,1-3H3,(H,21,22)/t14-/m0/s1. The zero-order valence-electron chi connectivity index (χ0n) is 15.3. The fourth-order valence-corrected chi connectivity index (χ4v) is 3.71. The van der Waals surface area contributed by atoms with Crippen LogP contribution in [0.4, 0.5) is 4.39 Å². The minimum absolute atomic E-state index is 0.304. The second kappa shape index (κ2) is 7.97. The number of benzene rings is 1. The topological polar surface area (TPSA) is 44.4 Å². The number of H-pyrrole nitrogens is 1. The van der Waals surface area contributed by atoms with E-state index in [-0.39, 0.29) is 5.82 Å². The number of hydrogen-bond donors (Lipinski definition) is 1. The average molecular weight is 346 g/mol. The van der Waals surface area contributed by atoms with Gasteiger partial charge in [-0.25, -0.2) is 4.39 Å². The number of ether oxygens (including phenoxy) is 1. The molecule has 0 unspecified atom stereocenters. The van der Waals surface area contributed by atoms with Crippen LogP contribution in [0.5, 0.6) is 5.75 Å². The normalized spacial score (nSPS) is 18.7. The number of aromatic amines is 1. The number of methoxy groups -OCH3 is 1. The summed E-state index contributed by atoms with van der Waals surface area (Å²) in [6.45, 7) is 4.14. The molecule has 3 rings (SSSR count). The van der Waals surface area contributed by atoms with Crippen molar-refractivity contribution in [3.05, 3.63) is 35.8 Å². The van der Waals surface area contributed by atoms with Crippen LogP contribution >= 0.6 is 0 Å². The van der Waals surface area contributed by atoms with Crippen molar-refractivity contribution in [2.24, 2.45) is 5.92 Å². The highest BCUT2D eigenvalue weighted by molar-refractivity contribution is 5.64. The average Bonchev–Trinajstić information content (AvgIpc) is 3.02. The summed E-state index contributed by atoms with van der Waals surface area (Å²) in [6, 6.07) is 4.91. The molecule has 1 aliphatic rings. The first-order chi connectivity index (χ1) is 12.1. The van der Waals surface area contributed by atoms with E-state index in [1.54, 1.807) is 18.3 Å². The van der Waals surface area contributed by atoms with Crippen LogP contribution in [0.3, 0.4) is 0 Å². The Morgan fingerprint density at radius 3 is 3.00 bits per heavy atom. The molecule has 5 nitrogen and oxygen atoms in total. The number of nitrogens with zero attached hydrogens (tertiary/aromatic N) is 3. The van der Waals surface area contributed by atoms with E-state index in [2.05, 4.69) is 34.1 Å². The highest BCUT2D eigenvalue weighted by atomic mass is 19.1. The smallest absolute Gasteiger partial charge is 0.136 e. The molecule has 1 atom stereocenters. The van der Waals surface area contributed by atoms with Gasteiger partial charge >= 0.3 is 0 Å². The number of nitrogens with one attached hydrogen (secondary N) is 1. The molecule has 0 amide bonds. The lowest BCUT2D eigenvalue weighted by Crippen LogP contribution is -2.37. The largest absolute Gasteiger partial charge is 0.497 e. The molecule has 1 fully saturated rings. The molecule has 1 aliphatic heterocycles. The molecule has 2 heterocycles. The van der Waals surface area contributed by atoms with Crippen LogP contribution in [0.1, 0.15) is 18.4 Å². The lowest BCUT2D eigenvalue weighted by molar-refractivity contribution is 0.164. The minimum Gasteiger partial charge on any atom is -0.497 e. The van der Waals surface area contributed by atoms with Crippen molar-refractivity contribution in [1.29, 1.82) is 0 Å². The van der Waals surface area contributed by atoms with Crippen LogP contribution in [0.25, 0.3) is 11.3 Å². The summed E-state index contributed by atoms with van der Waals surface area (Å²) in [7, 11) is 5.84. The van der Waals surface area contributed by atoms with E-state index in [1.165, 1.54) is 32.6 Å². The molecule has 0 spiro atoms. The monoisotopic (exact) mass is 346 g/mol. The molecule has 136 valence electrons. The third-order valence-electron chi connectivity index (χ3n) is 4.90. The Bertz CT molecular complexity index is 702. The Balaban J connectivity index is 1.69. The second-order valence-corrected chi connectivity index (χ2v) is 7.08. The molecule has 1 saturated heterocycles. The van der Waals surface area contributed by atoms with Crippen LogP contribution in [-0.2, 0) is 6.54 Å². The lowest BCUT2D eigenvalue weighted by Gasteiger charge is -2.32. The van der Waals surface area contributed by atoms with Crippen molar-refractivity contribution in [2.45, 2.75) is 19.4 Å². The summed E-state index contributed by atoms with van der Waals surface area (Å²) in [5.41, 5.74) is 2.28. The van der Waals surface area contributed by atoms with Gasteiger partial charge in [-0.1, -0.05) is 0 Å². The van der Waals surface area contributed by atoms with Crippen molar-refractivity contribution < 1.29 is 9.13 Å². The number of likely N-dealkylation sites (tertiary alicyclic amines) is 1. The Morgan fingerprint density at radius 2 is 2.28 bits per heavy atom. The van der Waals surface area contributed by atoms with Crippen LogP contribution in [-0.4, -0.2) is 60.8 Å². The first kappa shape index (κ1) is 17.9. The molecular formula is C19H27FN4O. The van der Waals surface area contributed by atoms with Gasteiger partial charge in [0.25, 0.3) is 0 Å². The second-order valence-electron chi connectivity index (χ2n) is 7.08. The van der Waals surface area contributed by atoms with Crippen LogP contribution < -0.4 is 4.74 Å². The molecule has 25 heavy (non-hydrogen) atoms. The molecule has 0 saturated carbocycles. The number of rotatable bonds is 6. The molecule has 2 aromatic rings. The fourth-order valence-electron chi connectivity index (χ4n) is 3.71. The van der Waals surface area contributed by atoms with E-state index < -0.39 is 0 Å². The predicted octanol–water partition coefficient (Wildman–Crippen LogP) is 3.00. The quantitative estimate of drug-likeness (QED) is 0.873. The fraction of sp³-hybridized carbons (Fsp3) is 0.526. The first-order valence-corrected chi connectivity index (χ1v) is 8.80. The van der Waals surface area contributed by atoms with Gasteiger partial charge in [-0.05, 0) is 51.5 Å². The van der Waals surface area contributed by atoms with E-state index in [4.69, 9.17) is 4.74 Å². The van der Waals surface area contributed by atoms with Crippen molar-refractivity contribution in [3.63, 3.8) is 0 Å². The molecule has 0 aliphatic carbocycles. The Morgan fingerprint density at radius 1 is 1.44 bits per heavy atom. The van der Waals surface area contributed by atoms with Gasteiger partial charge in [0, 0.05) is 36.8 Å². The number of halogens is 1. The van der Waals surface area contributed by atoms with Crippen molar-refractivity contribution in [3.8, 4) is 17.0 Å². The predicted molar refractivity (Wildman–Crippen MR) is 97.1 cm³/mol. The van der Waals surface area contributed by atoms with Gasteiger partial charge in [0.05, 0.1) is 19.0 Å². The van der Waals surface area contributed by atoms with Crippen molar-refractivity contribution in [1.82, 2.24) is 20.0 Å². The summed E-state index contributed by atoms with van der Waals surface area (Å²) in [6.07, 6.45) is 4.34. The summed E-state index contributed by atoms with van der Waals surface area (Å²) in [4.78, 5) is 4.71. The van der Waals surface area contributed by atoms with Gasteiger partial charge in [0.1, 0.15) is 11.6 Å². The Hall–Kier alpha value is -1.92. The third kappa shape index (κ3) is 4.38. The SMILES string of the molecule is COc1ccc(-c2[nH]ncc2CN(C)C[C@H]2CCCN(C)C2)c(F)c1. The van der Waals surface area contributed by atoms with Gasteiger partial charge in [0.2, 0.25) is 0 Å². The van der Waals surface area contributed by atoms with Crippen LogP contribution in [0.2, 0.25) is 0 Å². The van der Waals surface area contributed by atoms with Crippen LogP contribution in [0, 0.1) is 11.7 Å². The van der Waals surface area contributed by atoms with E-state index in [0.29, 0.717) is 17.2 Å². The van der Waals surface area contributed by atoms with Gasteiger partial charge in [-0.15, -0.1) is 0 Å². The molecular weight excluding hydrogens is 319 g/mol. The van der Waals surface area contributed by atoms with Gasteiger partial charge < -0.3 is 14.5 Å². The summed E-state index contributed by atoms with van der Waals surface area (Å²) in [5, 5.41) is 7.09. The Kier molecular flexibility index (Phi) is 5.71. The zero-order valence-corrected chi connectivity index (χ0v) is 15.3. The summed E-state index contributed by atoms with van der Waals surface area (Å²) >= 11 is 0. The molecule has 6 heteroatoms. The number of aromatic nitrogens is 2. The van der Waals surface area contributed by atoms with Crippen LogP contribution in [0.15, 0.2) is 24.4 Å². The van der Waals surface area contributed by atoms with Gasteiger partial charge in [0.15, 0.2) is 0 Å². The van der Waals surface area contributed by atoms with E-state index in [0.717, 1.165) is 30.9 Å². The molecule has 1 aromatic heterocycles. The number of piperidine rings is 1. The van der Waals surface area contributed by atoms with Gasteiger partial charge in [-0.3, -0.25) is 5.10 Å². The summed E-state index contributed by atoms with van der Waals surface area (Å²) < 4.78 is 19.5. The molecule has 0 bridgehead atoms. The lowest BCUT2D eigenvalue weighted by atomic mass is 9.98. The third-order valence-corrected chi connectivity index (χ3v) is 4.90. The zero-order chi connectivity index (χ0) is 17.8. The molecule has 0 radical (unpaired) electrons. The highest BCUT2D eigenvalue weighted by Crippen LogP contribution is 2.28. The maximum Gasteiger partial charge on any atom is 0.136 e. The maximum atomic E-state index is 14.4. The van der Waals surface area contributed by atoms with E-state index in [1.807, 2.05) is 0 Å². The van der Waals surface area contributed by atoms with E-state index >= 15 is 0 Å². The Labute approximate surface area is 148 Å². The van der Waals surface area contributed by atoms with Crippen molar-refractivity contribution >= 4 is 0 Å². The number of hydrogen-bond acceptors (Lipinski definition) is 4. The van der Waals surface area contributed by atoms with Crippen molar-refractivity contribution in [2.75, 3.05) is 40.8 Å². The minimum atomic E-state index is -0.304. The first-order valence-electron chi connectivity index (χ1n) is 8.80. The summed E-state index contributed by atoms with van der Waals surface area (Å²) in [5.74, 6) is 0.902. The maximum absolute atomic E-state index is 14.4. The highest BCUT2D eigenvalue weighted by Gasteiger charge is 2.20. The molecule has 1 aromatic carbocycles. The molecule has 1 N–H and O–H groups in total.